The Balaban J connectivity index is 2.57. The molecule has 1 aromatic rings. The molecule has 1 aromatic carbocycles. The van der Waals surface area contributed by atoms with Crippen LogP contribution in [0, 0.1) is 0 Å². The summed E-state index contributed by atoms with van der Waals surface area (Å²) in [6, 6.07) is 7.72. The Morgan fingerprint density at radius 3 is 2.24 bits per heavy atom. The van der Waals surface area contributed by atoms with Gasteiger partial charge in [-0.15, -0.1) is 0 Å². The van der Waals surface area contributed by atoms with Crippen molar-refractivity contribution in [2.45, 2.75) is 13.5 Å². The molecule has 0 unspecified atom stereocenters. The first-order valence-electron chi connectivity index (χ1n) is 6.96. The van der Waals surface area contributed by atoms with Crippen molar-refractivity contribution in [1.82, 2.24) is 15.5 Å². The van der Waals surface area contributed by atoms with Gasteiger partial charge in [0.05, 0.1) is 6.54 Å². The lowest BCUT2D eigenvalue weighted by molar-refractivity contribution is -0.121. The topological polar surface area (TPSA) is 64.7 Å². The Morgan fingerprint density at radius 1 is 1.14 bits per heavy atom. The normalized spacial score (nSPS) is 10.3. The fourth-order valence-electron chi connectivity index (χ4n) is 1.87. The van der Waals surface area contributed by atoms with Crippen LogP contribution in [0.4, 0.5) is 10.5 Å². The summed E-state index contributed by atoms with van der Waals surface area (Å²) >= 11 is 0. The number of nitrogens with one attached hydrogen (secondary N) is 2. The van der Waals surface area contributed by atoms with Crippen LogP contribution in [0.5, 0.6) is 0 Å². The Bertz CT molecular complexity index is 471. The first-order valence-corrected chi connectivity index (χ1v) is 6.96. The molecule has 0 radical (unpaired) electrons. The third kappa shape index (κ3) is 5.83. The van der Waals surface area contributed by atoms with Crippen molar-refractivity contribution in [2.75, 3.05) is 39.1 Å². The van der Waals surface area contributed by atoms with Crippen molar-refractivity contribution in [3.05, 3.63) is 29.8 Å². The van der Waals surface area contributed by atoms with Crippen LogP contribution in [0.1, 0.15) is 12.5 Å². The van der Waals surface area contributed by atoms with Crippen molar-refractivity contribution < 1.29 is 9.59 Å². The number of amides is 3. The maximum atomic E-state index is 11.7. The second kappa shape index (κ2) is 8.26. The van der Waals surface area contributed by atoms with Gasteiger partial charge >= 0.3 is 6.03 Å². The molecule has 0 saturated carbocycles. The van der Waals surface area contributed by atoms with E-state index in [1.165, 1.54) is 7.05 Å². The Hall–Kier alpha value is -2.08. The van der Waals surface area contributed by atoms with E-state index >= 15 is 0 Å². The lowest BCUT2D eigenvalue weighted by Crippen LogP contribution is -2.43. The molecular formula is C15H24N4O2. The van der Waals surface area contributed by atoms with Crippen LogP contribution in [-0.4, -0.2) is 51.1 Å². The molecule has 0 aliphatic rings. The number of urea groups is 1. The van der Waals surface area contributed by atoms with E-state index in [4.69, 9.17) is 0 Å². The molecule has 6 nitrogen and oxygen atoms in total. The minimum absolute atomic E-state index is 0.194. The largest absolute Gasteiger partial charge is 0.378 e. The summed E-state index contributed by atoms with van der Waals surface area (Å²) in [5.41, 5.74) is 2.27. The molecule has 6 heteroatoms. The summed E-state index contributed by atoms with van der Waals surface area (Å²) in [6.45, 7) is 3.59. The standard InChI is InChI=1S/C15H24N4O2/c1-5-19(11-14(20)17-15(21)16-2)10-12-6-8-13(9-7-12)18(3)4/h6-9H,5,10-11H2,1-4H3,(H2,16,17,20,21). The van der Waals surface area contributed by atoms with Gasteiger partial charge in [0.1, 0.15) is 0 Å². The number of carbonyl (C=O) groups is 2. The van der Waals surface area contributed by atoms with Crippen LogP contribution in [0.3, 0.4) is 0 Å². The van der Waals surface area contributed by atoms with E-state index < -0.39 is 6.03 Å². The molecule has 3 amide bonds. The molecule has 21 heavy (non-hydrogen) atoms. The van der Waals surface area contributed by atoms with Gasteiger partial charge in [0.2, 0.25) is 5.91 Å². The highest BCUT2D eigenvalue weighted by Gasteiger charge is 2.11. The Morgan fingerprint density at radius 2 is 1.76 bits per heavy atom. The zero-order valence-corrected chi connectivity index (χ0v) is 13.1. The van der Waals surface area contributed by atoms with Crippen molar-refractivity contribution in [3.63, 3.8) is 0 Å². The number of carbonyl (C=O) groups excluding carboxylic acids is 2. The predicted molar refractivity (Wildman–Crippen MR) is 84.3 cm³/mol. The molecule has 2 N–H and O–H groups in total. The number of benzene rings is 1. The Kier molecular flexibility index (Phi) is 6.68. The summed E-state index contributed by atoms with van der Waals surface area (Å²) in [5.74, 6) is -0.305. The van der Waals surface area contributed by atoms with Crippen LogP contribution in [0.2, 0.25) is 0 Å². The van der Waals surface area contributed by atoms with E-state index in [2.05, 4.69) is 22.8 Å². The van der Waals surface area contributed by atoms with E-state index in [1.807, 2.05) is 43.0 Å². The highest BCUT2D eigenvalue weighted by molar-refractivity contribution is 5.95. The molecule has 0 heterocycles. The number of anilines is 1. The zero-order valence-electron chi connectivity index (χ0n) is 13.1. The summed E-state index contributed by atoms with van der Waals surface area (Å²) in [4.78, 5) is 26.8. The minimum Gasteiger partial charge on any atom is -0.378 e. The number of likely N-dealkylation sites (N-methyl/N-ethyl adjacent to an activating group) is 1. The molecule has 0 bridgehead atoms. The quantitative estimate of drug-likeness (QED) is 0.822. The maximum absolute atomic E-state index is 11.7. The van der Waals surface area contributed by atoms with E-state index in [-0.39, 0.29) is 12.5 Å². The first-order chi connectivity index (χ1) is 9.96. The van der Waals surface area contributed by atoms with Crippen molar-refractivity contribution in [3.8, 4) is 0 Å². The van der Waals surface area contributed by atoms with E-state index in [1.54, 1.807) is 0 Å². The van der Waals surface area contributed by atoms with Crippen LogP contribution in [0.25, 0.3) is 0 Å². The molecular weight excluding hydrogens is 268 g/mol. The molecule has 0 aliphatic heterocycles. The van der Waals surface area contributed by atoms with Crippen LogP contribution in [-0.2, 0) is 11.3 Å². The zero-order chi connectivity index (χ0) is 15.8. The first kappa shape index (κ1) is 17.0. The summed E-state index contributed by atoms with van der Waals surface area (Å²) < 4.78 is 0. The van der Waals surface area contributed by atoms with Crippen molar-refractivity contribution >= 4 is 17.6 Å². The third-order valence-electron chi connectivity index (χ3n) is 3.15. The molecule has 0 spiro atoms. The van der Waals surface area contributed by atoms with E-state index in [9.17, 15) is 9.59 Å². The van der Waals surface area contributed by atoms with Crippen LogP contribution in [0.15, 0.2) is 24.3 Å². The predicted octanol–water partition coefficient (Wildman–Crippen LogP) is 1.03. The van der Waals surface area contributed by atoms with Gasteiger partial charge in [-0.05, 0) is 24.2 Å². The Labute approximate surface area is 126 Å². The van der Waals surface area contributed by atoms with Gasteiger partial charge in [-0.1, -0.05) is 19.1 Å². The van der Waals surface area contributed by atoms with Gasteiger partial charge in [0.25, 0.3) is 0 Å². The molecule has 0 aliphatic carbocycles. The van der Waals surface area contributed by atoms with Gasteiger partial charge in [0, 0.05) is 33.4 Å². The lowest BCUT2D eigenvalue weighted by Gasteiger charge is -2.20. The van der Waals surface area contributed by atoms with E-state index in [0.717, 1.165) is 17.8 Å². The molecule has 0 saturated heterocycles. The average Bonchev–Trinajstić information content (AvgIpc) is 2.46. The number of nitrogens with zero attached hydrogens (tertiary/aromatic N) is 2. The van der Waals surface area contributed by atoms with Gasteiger partial charge in [-0.25, -0.2) is 4.79 Å². The number of hydrogen-bond donors (Lipinski definition) is 2. The SMILES string of the molecule is CCN(CC(=O)NC(=O)NC)Cc1ccc(N(C)C)cc1. The molecule has 1 rings (SSSR count). The monoisotopic (exact) mass is 292 g/mol. The highest BCUT2D eigenvalue weighted by atomic mass is 16.2. The minimum atomic E-state index is -0.480. The van der Waals surface area contributed by atoms with Crippen molar-refractivity contribution in [1.29, 1.82) is 0 Å². The fraction of sp³-hybridized carbons (Fsp3) is 0.467. The second-order valence-electron chi connectivity index (χ2n) is 4.99. The summed E-state index contributed by atoms with van der Waals surface area (Å²) in [5, 5.41) is 4.63. The lowest BCUT2D eigenvalue weighted by atomic mass is 10.2. The smallest absolute Gasteiger partial charge is 0.321 e. The second-order valence-corrected chi connectivity index (χ2v) is 4.99. The summed E-state index contributed by atoms with van der Waals surface area (Å²) in [7, 11) is 5.47. The molecule has 0 atom stereocenters. The van der Waals surface area contributed by atoms with Gasteiger partial charge in [-0.3, -0.25) is 15.0 Å². The van der Waals surface area contributed by atoms with Crippen LogP contribution >= 0.6 is 0 Å². The highest BCUT2D eigenvalue weighted by Crippen LogP contribution is 2.13. The van der Waals surface area contributed by atoms with Gasteiger partial charge < -0.3 is 10.2 Å². The maximum Gasteiger partial charge on any atom is 0.321 e. The molecule has 0 fully saturated rings. The fourth-order valence-corrected chi connectivity index (χ4v) is 1.87. The molecule has 116 valence electrons. The van der Waals surface area contributed by atoms with Gasteiger partial charge in [0.15, 0.2) is 0 Å². The number of hydrogen-bond acceptors (Lipinski definition) is 4. The van der Waals surface area contributed by atoms with Gasteiger partial charge in [-0.2, -0.15) is 0 Å². The van der Waals surface area contributed by atoms with Crippen LogP contribution < -0.4 is 15.5 Å². The molecule has 0 aromatic heterocycles. The van der Waals surface area contributed by atoms with Crippen molar-refractivity contribution in [2.24, 2.45) is 0 Å². The average molecular weight is 292 g/mol. The summed E-state index contributed by atoms with van der Waals surface area (Å²) in [6.07, 6.45) is 0. The number of rotatable bonds is 6. The third-order valence-corrected chi connectivity index (χ3v) is 3.15. The number of imide groups is 1. The van der Waals surface area contributed by atoms with E-state index in [0.29, 0.717) is 6.54 Å².